The molecule has 2 aliphatic rings. The summed E-state index contributed by atoms with van der Waals surface area (Å²) in [5.74, 6) is 1.61. The van der Waals surface area contributed by atoms with Crippen LogP contribution < -0.4 is 9.64 Å². The number of benzene rings is 1. The summed E-state index contributed by atoms with van der Waals surface area (Å²) in [6.45, 7) is 6.88. The normalized spacial score (nSPS) is 19.8. The van der Waals surface area contributed by atoms with Crippen molar-refractivity contribution in [3.05, 3.63) is 45.3 Å². The second-order valence-electron chi connectivity index (χ2n) is 8.01. The molecule has 1 atom stereocenters. The molecule has 5 nitrogen and oxygen atoms in total. The average molecular weight is 411 g/mol. The van der Waals surface area contributed by atoms with Crippen LogP contribution in [0.25, 0.3) is 0 Å². The van der Waals surface area contributed by atoms with Crippen molar-refractivity contribution < 1.29 is 14.4 Å². The molecule has 29 heavy (non-hydrogen) atoms. The third-order valence-corrected chi connectivity index (χ3v) is 7.04. The van der Waals surface area contributed by atoms with E-state index in [1.54, 1.807) is 18.4 Å². The van der Waals surface area contributed by atoms with E-state index in [9.17, 15) is 5.26 Å². The van der Waals surface area contributed by atoms with Crippen LogP contribution in [0.1, 0.15) is 40.5 Å². The third kappa shape index (κ3) is 4.53. The monoisotopic (exact) mass is 410 g/mol. The maximum absolute atomic E-state index is 9.67. The van der Waals surface area contributed by atoms with Crippen LogP contribution >= 0.6 is 11.3 Å². The summed E-state index contributed by atoms with van der Waals surface area (Å²) in [5.41, 5.74) is 4.24. The highest BCUT2D eigenvalue weighted by molar-refractivity contribution is 7.16. The van der Waals surface area contributed by atoms with Crippen LogP contribution in [0.15, 0.2) is 23.2 Å². The number of quaternary nitrogens is 1. The van der Waals surface area contributed by atoms with Gasteiger partial charge in [-0.25, -0.2) is 4.99 Å². The van der Waals surface area contributed by atoms with Crippen LogP contribution in [0, 0.1) is 17.2 Å². The second-order valence-corrected chi connectivity index (χ2v) is 9.10. The van der Waals surface area contributed by atoms with E-state index in [1.807, 2.05) is 18.3 Å². The van der Waals surface area contributed by atoms with Crippen molar-refractivity contribution in [2.24, 2.45) is 10.9 Å². The van der Waals surface area contributed by atoms with Gasteiger partial charge in [0.2, 0.25) is 0 Å². The molecule has 6 heteroatoms. The lowest BCUT2D eigenvalue weighted by atomic mass is 9.89. The highest BCUT2D eigenvalue weighted by Gasteiger charge is 2.23. The van der Waals surface area contributed by atoms with Gasteiger partial charge in [-0.3, -0.25) is 0 Å². The van der Waals surface area contributed by atoms with Crippen molar-refractivity contribution in [2.45, 2.75) is 32.7 Å². The Morgan fingerprint density at radius 3 is 2.97 bits per heavy atom. The van der Waals surface area contributed by atoms with Gasteiger partial charge in [-0.1, -0.05) is 6.92 Å². The topological polar surface area (TPSA) is 59.0 Å². The number of ether oxygens (including phenoxy) is 2. The molecule has 0 spiro atoms. The Balaban J connectivity index is 1.57. The Hall–Kier alpha value is -2.20. The van der Waals surface area contributed by atoms with Gasteiger partial charge >= 0.3 is 0 Å². The second kappa shape index (κ2) is 9.08. The highest BCUT2D eigenvalue weighted by atomic mass is 32.1. The summed E-state index contributed by atoms with van der Waals surface area (Å²) in [7, 11) is 1.72. The molecule has 1 saturated heterocycles. The zero-order valence-corrected chi connectivity index (χ0v) is 18.0. The van der Waals surface area contributed by atoms with Gasteiger partial charge < -0.3 is 14.4 Å². The molecular weight excluding hydrogens is 382 g/mol. The quantitative estimate of drug-likeness (QED) is 0.771. The van der Waals surface area contributed by atoms with Crippen molar-refractivity contribution in [1.82, 2.24) is 0 Å². The van der Waals surface area contributed by atoms with Gasteiger partial charge in [0.05, 0.1) is 25.9 Å². The van der Waals surface area contributed by atoms with E-state index in [2.05, 4.69) is 19.1 Å². The van der Waals surface area contributed by atoms with Crippen LogP contribution in [0.2, 0.25) is 0 Å². The van der Waals surface area contributed by atoms with Gasteiger partial charge in [-0.2, -0.15) is 5.26 Å². The van der Waals surface area contributed by atoms with Crippen LogP contribution in [-0.4, -0.2) is 39.6 Å². The van der Waals surface area contributed by atoms with Gasteiger partial charge in [0.15, 0.2) is 0 Å². The lowest BCUT2D eigenvalue weighted by Crippen LogP contribution is -3.12. The maximum Gasteiger partial charge on any atom is 0.134 e. The molecule has 1 aliphatic heterocycles. The first-order chi connectivity index (χ1) is 14.2. The van der Waals surface area contributed by atoms with Crippen molar-refractivity contribution >= 4 is 22.6 Å². The number of nitrogens with zero attached hydrogens (tertiary/aromatic N) is 2. The van der Waals surface area contributed by atoms with Crippen LogP contribution in [0.4, 0.5) is 5.00 Å². The molecule has 2 aromatic rings. The summed E-state index contributed by atoms with van der Waals surface area (Å²) in [6, 6.07) is 8.61. The summed E-state index contributed by atoms with van der Waals surface area (Å²) in [5, 5.41) is 10.5. The van der Waals surface area contributed by atoms with E-state index in [4.69, 9.17) is 14.5 Å². The van der Waals surface area contributed by atoms with Crippen molar-refractivity contribution in [3.8, 4) is 11.8 Å². The number of methoxy groups -OCH3 is 1. The zero-order chi connectivity index (χ0) is 20.2. The lowest BCUT2D eigenvalue weighted by Gasteiger charge is -2.24. The van der Waals surface area contributed by atoms with E-state index < -0.39 is 0 Å². The van der Waals surface area contributed by atoms with Crippen LogP contribution in [0.5, 0.6) is 5.75 Å². The molecule has 0 unspecified atom stereocenters. The van der Waals surface area contributed by atoms with E-state index in [-0.39, 0.29) is 0 Å². The summed E-state index contributed by atoms with van der Waals surface area (Å²) < 4.78 is 11.0. The molecule has 0 bridgehead atoms. The third-order valence-electron chi connectivity index (χ3n) is 5.88. The predicted molar refractivity (Wildman–Crippen MR) is 116 cm³/mol. The molecule has 2 heterocycles. The molecular formula is C23H28N3O2S+. The molecule has 0 saturated carbocycles. The van der Waals surface area contributed by atoms with Crippen LogP contribution in [-0.2, 0) is 24.1 Å². The molecule has 0 amide bonds. The molecule has 0 radical (unpaired) electrons. The van der Waals surface area contributed by atoms with E-state index in [0.717, 1.165) is 74.0 Å². The van der Waals surface area contributed by atoms with Crippen molar-refractivity contribution in [2.75, 3.05) is 33.4 Å². The number of rotatable bonds is 5. The highest BCUT2D eigenvalue weighted by Crippen LogP contribution is 2.40. The Bertz CT molecular complexity index is 938. The molecule has 1 N–H and O–H groups in total. The smallest absolute Gasteiger partial charge is 0.134 e. The van der Waals surface area contributed by atoms with Gasteiger partial charge in [-0.15, -0.1) is 11.3 Å². The minimum Gasteiger partial charge on any atom is -0.496 e. The maximum atomic E-state index is 9.67. The van der Waals surface area contributed by atoms with Crippen molar-refractivity contribution in [3.63, 3.8) is 0 Å². The van der Waals surface area contributed by atoms with Crippen LogP contribution in [0.3, 0.4) is 0 Å². The number of nitrogens with one attached hydrogen (secondary N) is 1. The standard InChI is InChI=1S/C23H27N3O2S/c1-16-3-5-19-20(13-24)23(29-22(19)11-16)25-14-17-4-6-21(27-2)18(12-17)15-26-7-9-28-10-8-26/h4,6,12,14,16H,3,5,7-11,15H2,1-2H3/p+1/t16-/m0/s1. The van der Waals surface area contributed by atoms with Gasteiger partial charge in [0.1, 0.15) is 36.5 Å². The number of thiophene rings is 1. The Labute approximate surface area is 176 Å². The first-order valence-electron chi connectivity index (χ1n) is 10.3. The zero-order valence-electron chi connectivity index (χ0n) is 17.2. The Kier molecular flexibility index (Phi) is 6.29. The minimum atomic E-state index is 0.691. The number of nitriles is 1. The van der Waals surface area contributed by atoms with E-state index in [1.165, 1.54) is 20.9 Å². The summed E-state index contributed by atoms with van der Waals surface area (Å²) in [4.78, 5) is 7.58. The number of hydrogen-bond acceptors (Lipinski definition) is 5. The first kappa shape index (κ1) is 20.1. The van der Waals surface area contributed by atoms with E-state index >= 15 is 0 Å². The first-order valence-corrected chi connectivity index (χ1v) is 11.2. The summed E-state index contributed by atoms with van der Waals surface area (Å²) >= 11 is 1.69. The predicted octanol–water partition coefficient (Wildman–Crippen LogP) is 2.92. The Morgan fingerprint density at radius 1 is 1.38 bits per heavy atom. The fraction of sp³-hybridized carbons (Fsp3) is 0.478. The lowest BCUT2D eigenvalue weighted by molar-refractivity contribution is -0.921. The van der Waals surface area contributed by atoms with Gasteiger partial charge in [-0.05, 0) is 54.5 Å². The minimum absolute atomic E-state index is 0.691. The number of morpholine rings is 1. The fourth-order valence-corrected chi connectivity index (χ4v) is 5.50. The SMILES string of the molecule is COc1ccc(C=Nc2sc3c(c2C#N)CC[C@H](C)C3)cc1C[NH+]1CCOCC1. The molecule has 152 valence electrons. The summed E-state index contributed by atoms with van der Waals surface area (Å²) in [6.07, 6.45) is 5.12. The fourth-order valence-electron chi connectivity index (χ4n) is 4.20. The molecule has 1 aromatic carbocycles. The molecule has 4 rings (SSSR count). The number of hydrogen-bond donors (Lipinski definition) is 1. The molecule has 1 aromatic heterocycles. The average Bonchev–Trinajstić information content (AvgIpc) is 3.09. The largest absolute Gasteiger partial charge is 0.496 e. The number of aliphatic imine (C=N–C) groups is 1. The van der Waals surface area contributed by atoms with Crippen molar-refractivity contribution in [1.29, 1.82) is 5.26 Å². The van der Waals surface area contributed by atoms with E-state index in [0.29, 0.717) is 5.92 Å². The molecule has 1 aliphatic carbocycles. The van der Waals surface area contributed by atoms with Gasteiger partial charge in [0, 0.05) is 16.7 Å². The Morgan fingerprint density at radius 2 is 2.21 bits per heavy atom. The molecule has 1 fully saturated rings. The number of fused-ring (bicyclic) bond motifs is 1. The van der Waals surface area contributed by atoms with Gasteiger partial charge in [0.25, 0.3) is 0 Å².